The molecule has 0 spiro atoms. The lowest BCUT2D eigenvalue weighted by Gasteiger charge is -2.31. The van der Waals surface area contributed by atoms with E-state index in [2.05, 4.69) is 16.0 Å². The Balaban J connectivity index is 0.00000208. The number of hydrogen-bond donors (Lipinski definition) is 1. The van der Waals surface area contributed by atoms with Crippen LogP contribution in [0.4, 0.5) is 16.5 Å². The van der Waals surface area contributed by atoms with E-state index in [1.807, 2.05) is 24.4 Å². The lowest BCUT2D eigenvalue weighted by molar-refractivity contribution is -0.116. The molecule has 0 unspecified atom stereocenters. The van der Waals surface area contributed by atoms with Gasteiger partial charge in [-0.1, -0.05) is 6.07 Å². The summed E-state index contributed by atoms with van der Waals surface area (Å²) >= 11 is 1.53. The quantitative estimate of drug-likeness (QED) is 0.841. The lowest BCUT2D eigenvalue weighted by atomic mass is 10.00. The number of amides is 1. The molecule has 24 heavy (non-hydrogen) atoms. The van der Waals surface area contributed by atoms with E-state index in [1.54, 1.807) is 11.8 Å². The molecule has 5 nitrogen and oxygen atoms in total. The molecule has 3 rings (SSSR count). The lowest BCUT2D eigenvalue weighted by Crippen LogP contribution is -2.30. The Morgan fingerprint density at radius 1 is 1.46 bits per heavy atom. The molecule has 1 aliphatic heterocycles. The van der Waals surface area contributed by atoms with Crippen molar-refractivity contribution in [1.82, 2.24) is 4.98 Å². The number of halogens is 1. The van der Waals surface area contributed by atoms with Crippen LogP contribution in [0.1, 0.15) is 31.5 Å². The maximum absolute atomic E-state index is 11.6. The minimum Gasteiger partial charge on any atom is -0.398 e. The smallest absolute Gasteiger partial charge is 0.225 e. The number of aromatic nitrogens is 1. The van der Waals surface area contributed by atoms with E-state index in [4.69, 9.17) is 5.73 Å². The maximum atomic E-state index is 11.6. The third-order valence-corrected chi connectivity index (χ3v) is 5.12. The number of hydrogen-bond acceptors (Lipinski definition) is 5. The zero-order valence-electron chi connectivity index (χ0n) is 14.0. The van der Waals surface area contributed by atoms with Crippen LogP contribution in [0.25, 0.3) is 0 Å². The summed E-state index contributed by atoms with van der Waals surface area (Å²) in [6.07, 6.45) is 2.14. The van der Waals surface area contributed by atoms with Gasteiger partial charge in [0.15, 0.2) is 5.13 Å². The molecule has 0 atom stereocenters. The third-order valence-electron chi connectivity index (χ3n) is 4.20. The third kappa shape index (κ3) is 3.65. The summed E-state index contributed by atoms with van der Waals surface area (Å²) < 4.78 is 0. The molecule has 0 saturated heterocycles. The molecule has 1 aromatic carbocycles. The van der Waals surface area contributed by atoms with Gasteiger partial charge >= 0.3 is 0 Å². The number of nitrogens with two attached hydrogens (primary N) is 1. The molecule has 0 bridgehead atoms. The van der Waals surface area contributed by atoms with Crippen molar-refractivity contribution >= 4 is 46.2 Å². The Kier molecular flexibility index (Phi) is 6.07. The number of nitrogens with zero attached hydrogens (tertiary/aromatic N) is 3. The van der Waals surface area contributed by atoms with Gasteiger partial charge in [-0.05, 0) is 37.5 Å². The minimum absolute atomic E-state index is 0. The van der Waals surface area contributed by atoms with Gasteiger partial charge in [0.25, 0.3) is 0 Å². The summed E-state index contributed by atoms with van der Waals surface area (Å²) in [7, 11) is 0. The molecule has 2 N–H and O–H groups in total. The fraction of sp³-hybridized carbons (Fsp3) is 0.412. The van der Waals surface area contributed by atoms with Crippen LogP contribution in [0.15, 0.2) is 23.6 Å². The van der Waals surface area contributed by atoms with Crippen molar-refractivity contribution in [2.75, 3.05) is 28.6 Å². The monoisotopic (exact) mass is 366 g/mol. The molecule has 0 radical (unpaired) electrons. The fourth-order valence-corrected chi connectivity index (χ4v) is 4.00. The summed E-state index contributed by atoms with van der Waals surface area (Å²) in [5, 5.41) is 2.82. The Labute approximate surface area is 152 Å². The van der Waals surface area contributed by atoms with Crippen LogP contribution in [-0.2, 0) is 17.8 Å². The highest BCUT2D eigenvalue weighted by molar-refractivity contribution is 7.14. The molecule has 2 heterocycles. The maximum Gasteiger partial charge on any atom is 0.225 e. The van der Waals surface area contributed by atoms with Crippen LogP contribution in [0, 0.1) is 0 Å². The van der Waals surface area contributed by atoms with E-state index in [0.717, 1.165) is 42.4 Å². The second kappa shape index (κ2) is 7.85. The van der Waals surface area contributed by atoms with Gasteiger partial charge in [0.2, 0.25) is 5.91 Å². The van der Waals surface area contributed by atoms with Crippen LogP contribution in [0.5, 0.6) is 0 Å². The van der Waals surface area contributed by atoms with Gasteiger partial charge in [0.1, 0.15) is 0 Å². The normalized spacial score (nSPS) is 13.2. The molecule has 130 valence electrons. The molecule has 1 aromatic heterocycles. The number of fused-ring (bicyclic) bond motifs is 1. The van der Waals surface area contributed by atoms with E-state index in [1.165, 1.54) is 22.6 Å². The van der Waals surface area contributed by atoms with Crippen molar-refractivity contribution < 1.29 is 4.79 Å². The second-order valence-corrected chi connectivity index (χ2v) is 6.59. The van der Waals surface area contributed by atoms with Crippen molar-refractivity contribution in [3.8, 4) is 0 Å². The summed E-state index contributed by atoms with van der Waals surface area (Å²) in [6.45, 7) is 5.95. The Hall–Kier alpha value is -1.79. The van der Waals surface area contributed by atoms with Gasteiger partial charge in [-0.15, -0.1) is 23.7 Å². The van der Waals surface area contributed by atoms with E-state index < -0.39 is 0 Å². The van der Waals surface area contributed by atoms with E-state index in [0.29, 0.717) is 6.54 Å². The first-order chi connectivity index (χ1) is 11.1. The standard InChI is InChI=1S/C17H22N4OS.ClH/c1-3-21(12(2)22)17-19-13(11-23-17)10-20-9-5-6-14-15(18)7-4-8-16(14)20;/h4,7-8,11H,3,5-6,9-10,18H2,1-2H3;1H. The number of anilines is 3. The highest BCUT2D eigenvalue weighted by atomic mass is 35.5. The molecule has 0 saturated carbocycles. The molecule has 1 amide bonds. The number of carbonyl (C=O) groups is 1. The predicted octanol–water partition coefficient (Wildman–Crippen LogP) is 3.47. The SMILES string of the molecule is CCN(C(C)=O)c1nc(CN2CCCc3c(N)cccc32)cs1.Cl. The van der Waals surface area contributed by atoms with Crippen LogP contribution in [0.2, 0.25) is 0 Å². The Morgan fingerprint density at radius 3 is 2.96 bits per heavy atom. The van der Waals surface area contributed by atoms with Crippen molar-refractivity contribution in [2.24, 2.45) is 0 Å². The topological polar surface area (TPSA) is 62.5 Å². The molecule has 7 heteroatoms. The van der Waals surface area contributed by atoms with E-state index in [9.17, 15) is 4.79 Å². The molecule has 1 aliphatic rings. The largest absolute Gasteiger partial charge is 0.398 e. The van der Waals surface area contributed by atoms with Crippen molar-refractivity contribution in [2.45, 2.75) is 33.2 Å². The summed E-state index contributed by atoms with van der Waals surface area (Å²) in [5.41, 5.74) is 10.4. The van der Waals surface area contributed by atoms with Gasteiger partial charge in [0, 0.05) is 36.8 Å². The number of carbonyl (C=O) groups excluding carboxylic acids is 1. The first-order valence-corrected chi connectivity index (χ1v) is 8.83. The summed E-state index contributed by atoms with van der Waals surface area (Å²) in [6, 6.07) is 6.11. The summed E-state index contributed by atoms with van der Waals surface area (Å²) in [4.78, 5) is 20.3. The van der Waals surface area contributed by atoms with Crippen LogP contribution in [0.3, 0.4) is 0 Å². The minimum atomic E-state index is 0. The van der Waals surface area contributed by atoms with Gasteiger partial charge in [-0.25, -0.2) is 4.98 Å². The molecular weight excluding hydrogens is 344 g/mol. The molecule has 0 fully saturated rings. The predicted molar refractivity (Wildman–Crippen MR) is 103 cm³/mol. The van der Waals surface area contributed by atoms with Gasteiger partial charge in [-0.2, -0.15) is 0 Å². The first-order valence-electron chi connectivity index (χ1n) is 7.95. The van der Waals surface area contributed by atoms with Gasteiger partial charge in [-0.3, -0.25) is 9.69 Å². The Morgan fingerprint density at radius 2 is 2.25 bits per heavy atom. The highest BCUT2D eigenvalue weighted by Crippen LogP contribution is 2.32. The van der Waals surface area contributed by atoms with Gasteiger partial charge < -0.3 is 10.6 Å². The molecule has 2 aromatic rings. The zero-order chi connectivity index (χ0) is 16.4. The number of rotatable bonds is 4. The Bertz CT molecular complexity index is 718. The first kappa shape index (κ1) is 18.5. The van der Waals surface area contributed by atoms with Crippen LogP contribution < -0.4 is 15.5 Å². The van der Waals surface area contributed by atoms with Crippen molar-refractivity contribution in [3.05, 3.63) is 34.8 Å². The number of thiazole rings is 1. The highest BCUT2D eigenvalue weighted by Gasteiger charge is 2.20. The average molecular weight is 367 g/mol. The van der Waals surface area contributed by atoms with E-state index >= 15 is 0 Å². The van der Waals surface area contributed by atoms with E-state index in [-0.39, 0.29) is 18.3 Å². The van der Waals surface area contributed by atoms with Crippen LogP contribution >= 0.6 is 23.7 Å². The summed E-state index contributed by atoms with van der Waals surface area (Å²) in [5.74, 6) is 0.0319. The zero-order valence-corrected chi connectivity index (χ0v) is 15.6. The fourth-order valence-electron chi connectivity index (χ4n) is 3.07. The van der Waals surface area contributed by atoms with Gasteiger partial charge in [0.05, 0.1) is 12.2 Å². The number of nitrogen functional groups attached to an aromatic ring is 1. The van der Waals surface area contributed by atoms with Crippen LogP contribution in [-0.4, -0.2) is 24.0 Å². The average Bonchev–Trinajstić information content (AvgIpc) is 2.97. The number of benzene rings is 1. The second-order valence-electron chi connectivity index (χ2n) is 5.75. The molecular formula is C17H23ClN4OS. The van der Waals surface area contributed by atoms with Crippen molar-refractivity contribution in [3.63, 3.8) is 0 Å². The van der Waals surface area contributed by atoms with Crippen molar-refractivity contribution in [1.29, 1.82) is 0 Å². The molecule has 0 aliphatic carbocycles.